The summed E-state index contributed by atoms with van der Waals surface area (Å²) in [5.74, 6) is 0.800. The zero-order valence-electron chi connectivity index (χ0n) is 16.7. The van der Waals surface area contributed by atoms with Gasteiger partial charge in [0.1, 0.15) is 0 Å². The molecule has 1 atom stereocenters. The van der Waals surface area contributed by atoms with Gasteiger partial charge in [-0.1, -0.05) is 45.9 Å². The maximum Gasteiger partial charge on any atom is 0.278 e. The van der Waals surface area contributed by atoms with Gasteiger partial charge in [-0.2, -0.15) is 5.10 Å². The number of ether oxygens (including phenoxy) is 1. The lowest BCUT2D eigenvalue weighted by Crippen LogP contribution is -2.54. The number of hydrogen-bond donors (Lipinski definition) is 1. The lowest BCUT2D eigenvalue weighted by molar-refractivity contribution is 0.0522. The average molecular weight is 370 g/mol. The molecule has 0 bridgehead atoms. The molecule has 27 heavy (non-hydrogen) atoms. The number of hydrogen-bond acceptors (Lipinski definition) is 4. The summed E-state index contributed by atoms with van der Waals surface area (Å²) < 4.78 is 7.64. The molecule has 6 nitrogen and oxygen atoms in total. The molecule has 1 aromatic heterocycles. The number of piperidine rings is 1. The average Bonchev–Trinajstić information content (AvgIpc) is 3.06. The van der Waals surface area contributed by atoms with E-state index in [-0.39, 0.29) is 17.4 Å². The van der Waals surface area contributed by atoms with Gasteiger partial charge in [0, 0.05) is 19.1 Å². The van der Waals surface area contributed by atoms with E-state index in [1.54, 1.807) is 10.9 Å². The summed E-state index contributed by atoms with van der Waals surface area (Å²) in [6.45, 7) is 10.2. The SMILES string of the molecule is CC(C)COc1cn(-c2ccccc2)nc1C(=O)N1CCC(N)C(C)(C)C1. The van der Waals surface area contributed by atoms with Crippen LogP contribution in [0.5, 0.6) is 5.75 Å². The fourth-order valence-electron chi connectivity index (χ4n) is 3.28. The lowest BCUT2D eigenvalue weighted by Gasteiger charge is -2.42. The Bertz CT molecular complexity index is 783. The van der Waals surface area contributed by atoms with E-state index < -0.39 is 0 Å². The van der Waals surface area contributed by atoms with Crippen molar-refractivity contribution < 1.29 is 9.53 Å². The molecule has 1 aliphatic heterocycles. The zero-order chi connectivity index (χ0) is 19.6. The molecule has 2 N–H and O–H groups in total. The van der Waals surface area contributed by atoms with E-state index in [0.717, 1.165) is 12.1 Å². The second-order valence-electron chi connectivity index (χ2n) is 8.44. The van der Waals surface area contributed by atoms with Crippen LogP contribution in [0.3, 0.4) is 0 Å². The Morgan fingerprint density at radius 1 is 1.33 bits per heavy atom. The number of aromatic nitrogens is 2. The Kier molecular flexibility index (Phi) is 5.56. The molecular weight excluding hydrogens is 340 g/mol. The van der Waals surface area contributed by atoms with Gasteiger partial charge in [0.15, 0.2) is 11.4 Å². The molecule has 0 aliphatic carbocycles. The molecule has 2 aromatic rings. The van der Waals surface area contributed by atoms with Crippen LogP contribution >= 0.6 is 0 Å². The molecule has 0 radical (unpaired) electrons. The van der Waals surface area contributed by atoms with Crippen molar-refractivity contribution in [2.75, 3.05) is 19.7 Å². The molecule has 1 aromatic carbocycles. The Hall–Kier alpha value is -2.34. The molecule has 1 fully saturated rings. The number of likely N-dealkylation sites (tertiary alicyclic amines) is 1. The third-order valence-electron chi connectivity index (χ3n) is 5.08. The van der Waals surface area contributed by atoms with Gasteiger partial charge < -0.3 is 15.4 Å². The number of carbonyl (C=O) groups is 1. The van der Waals surface area contributed by atoms with E-state index in [4.69, 9.17) is 10.5 Å². The highest BCUT2D eigenvalue weighted by Crippen LogP contribution is 2.30. The number of nitrogens with two attached hydrogens (primary N) is 1. The first-order valence-electron chi connectivity index (χ1n) is 9.60. The molecule has 1 amide bonds. The number of amides is 1. The monoisotopic (exact) mass is 370 g/mol. The van der Waals surface area contributed by atoms with Crippen LogP contribution in [0.1, 0.15) is 44.6 Å². The summed E-state index contributed by atoms with van der Waals surface area (Å²) in [4.78, 5) is 15.1. The molecule has 0 spiro atoms. The first kappa shape index (κ1) is 19.4. The maximum atomic E-state index is 13.2. The second kappa shape index (κ2) is 7.72. The molecule has 1 aliphatic rings. The fourth-order valence-corrected chi connectivity index (χ4v) is 3.28. The largest absolute Gasteiger partial charge is 0.489 e. The summed E-state index contributed by atoms with van der Waals surface area (Å²) in [6, 6.07) is 9.85. The molecule has 1 saturated heterocycles. The number of rotatable bonds is 5. The minimum Gasteiger partial charge on any atom is -0.489 e. The van der Waals surface area contributed by atoms with E-state index in [1.807, 2.05) is 35.2 Å². The van der Waals surface area contributed by atoms with Crippen molar-refractivity contribution in [1.82, 2.24) is 14.7 Å². The van der Waals surface area contributed by atoms with Crippen molar-refractivity contribution in [2.45, 2.75) is 40.2 Å². The van der Waals surface area contributed by atoms with Crippen molar-refractivity contribution in [3.63, 3.8) is 0 Å². The zero-order valence-corrected chi connectivity index (χ0v) is 16.7. The normalized spacial score (nSPS) is 19.3. The number of carbonyl (C=O) groups excluding carboxylic acids is 1. The highest BCUT2D eigenvalue weighted by atomic mass is 16.5. The first-order chi connectivity index (χ1) is 12.8. The number of nitrogens with zero attached hydrogens (tertiary/aromatic N) is 3. The number of benzene rings is 1. The Balaban J connectivity index is 1.90. The molecule has 1 unspecified atom stereocenters. The van der Waals surface area contributed by atoms with Crippen molar-refractivity contribution in [1.29, 1.82) is 0 Å². The van der Waals surface area contributed by atoms with Crippen LogP contribution in [0.2, 0.25) is 0 Å². The van der Waals surface area contributed by atoms with E-state index >= 15 is 0 Å². The van der Waals surface area contributed by atoms with Crippen LogP contribution < -0.4 is 10.5 Å². The van der Waals surface area contributed by atoms with Crippen LogP contribution in [-0.4, -0.2) is 46.3 Å². The van der Waals surface area contributed by atoms with Crippen LogP contribution in [0.15, 0.2) is 36.5 Å². The molecule has 3 rings (SSSR count). The summed E-state index contributed by atoms with van der Waals surface area (Å²) in [5, 5.41) is 4.57. The predicted octanol–water partition coefficient (Wildman–Crippen LogP) is 3.11. The van der Waals surface area contributed by atoms with Gasteiger partial charge in [-0.15, -0.1) is 0 Å². The van der Waals surface area contributed by atoms with Crippen LogP contribution in [0.4, 0.5) is 0 Å². The summed E-state index contributed by atoms with van der Waals surface area (Å²) in [7, 11) is 0. The minimum absolute atomic E-state index is 0.0941. The van der Waals surface area contributed by atoms with Gasteiger partial charge in [0.05, 0.1) is 18.5 Å². The van der Waals surface area contributed by atoms with E-state index in [0.29, 0.717) is 37.1 Å². The molecular formula is C21H30N4O2. The van der Waals surface area contributed by atoms with Gasteiger partial charge in [-0.25, -0.2) is 4.68 Å². The maximum absolute atomic E-state index is 13.2. The topological polar surface area (TPSA) is 73.4 Å². The van der Waals surface area contributed by atoms with Gasteiger partial charge in [0.25, 0.3) is 5.91 Å². The van der Waals surface area contributed by atoms with Gasteiger partial charge >= 0.3 is 0 Å². The van der Waals surface area contributed by atoms with Crippen LogP contribution in [-0.2, 0) is 0 Å². The summed E-state index contributed by atoms with van der Waals surface area (Å²) >= 11 is 0. The van der Waals surface area contributed by atoms with E-state index in [9.17, 15) is 4.79 Å². The van der Waals surface area contributed by atoms with Crippen LogP contribution in [0, 0.1) is 11.3 Å². The quantitative estimate of drug-likeness (QED) is 0.878. The number of para-hydroxylation sites is 1. The van der Waals surface area contributed by atoms with Crippen molar-refractivity contribution in [2.24, 2.45) is 17.1 Å². The highest BCUT2D eigenvalue weighted by molar-refractivity contribution is 5.95. The second-order valence-corrected chi connectivity index (χ2v) is 8.44. The fraction of sp³-hybridized carbons (Fsp3) is 0.524. The van der Waals surface area contributed by atoms with E-state index in [1.165, 1.54) is 0 Å². The minimum atomic E-state index is -0.116. The van der Waals surface area contributed by atoms with Crippen molar-refractivity contribution in [3.8, 4) is 11.4 Å². The Morgan fingerprint density at radius 2 is 2.04 bits per heavy atom. The smallest absolute Gasteiger partial charge is 0.278 e. The third kappa shape index (κ3) is 4.33. The lowest BCUT2D eigenvalue weighted by atomic mass is 9.79. The summed E-state index contributed by atoms with van der Waals surface area (Å²) in [5.41, 5.74) is 7.37. The highest BCUT2D eigenvalue weighted by Gasteiger charge is 2.37. The van der Waals surface area contributed by atoms with E-state index in [2.05, 4.69) is 32.8 Å². The molecule has 146 valence electrons. The van der Waals surface area contributed by atoms with Gasteiger partial charge in [-0.3, -0.25) is 4.79 Å². The standard InChI is InChI=1S/C21H30N4O2/c1-15(2)13-27-17-12-25(16-8-6-5-7-9-16)23-19(17)20(26)24-11-10-18(22)21(3,4)14-24/h5-9,12,15,18H,10-11,13-14,22H2,1-4H3. The van der Waals surface area contributed by atoms with Gasteiger partial charge in [-0.05, 0) is 29.9 Å². The summed E-state index contributed by atoms with van der Waals surface area (Å²) in [6.07, 6.45) is 2.59. The first-order valence-corrected chi connectivity index (χ1v) is 9.60. The Morgan fingerprint density at radius 3 is 2.67 bits per heavy atom. The third-order valence-corrected chi connectivity index (χ3v) is 5.08. The molecule has 2 heterocycles. The Labute approximate surface area is 161 Å². The predicted molar refractivity (Wildman–Crippen MR) is 106 cm³/mol. The van der Waals surface area contributed by atoms with Crippen LogP contribution in [0.25, 0.3) is 5.69 Å². The molecule has 0 saturated carbocycles. The van der Waals surface area contributed by atoms with Crippen molar-refractivity contribution >= 4 is 5.91 Å². The van der Waals surface area contributed by atoms with Gasteiger partial charge in [0.2, 0.25) is 0 Å². The van der Waals surface area contributed by atoms with Crippen molar-refractivity contribution in [3.05, 3.63) is 42.2 Å². The molecule has 6 heteroatoms.